The molecule has 0 saturated heterocycles. The molecule has 2 aromatic rings. The van der Waals surface area contributed by atoms with Gasteiger partial charge in [-0.2, -0.15) is 13.2 Å². The van der Waals surface area contributed by atoms with Crippen LogP contribution in [0.2, 0.25) is 5.02 Å². The van der Waals surface area contributed by atoms with E-state index in [4.69, 9.17) is 16.3 Å². The van der Waals surface area contributed by atoms with Crippen molar-refractivity contribution in [3.05, 3.63) is 82.2 Å². The highest BCUT2D eigenvalue weighted by molar-refractivity contribution is 6.30. The molecule has 2 aromatic carbocycles. The van der Waals surface area contributed by atoms with Crippen LogP contribution in [0.25, 0.3) is 0 Å². The molecule has 9 heteroatoms. The summed E-state index contributed by atoms with van der Waals surface area (Å²) in [6, 6.07) is 7.59. The van der Waals surface area contributed by atoms with Gasteiger partial charge in [0.2, 0.25) is 0 Å². The van der Waals surface area contributed by atoms with Crippen LogP contribution < -0.4 is 15.4 Å². The molecule has 166 valence electrons. The third-order valence-electron chi connectivity index (χ3n) is 3.79. The quantitative estimate of drug-likeness (QED) is 0.338. The zero-order valence-electron chi connectivity index (χ0n) is 17.1. The largest absolute Gasteiger partial charge is 0.456 e. The van der Waals surface area contributed by atoms with E-state index in [0.29, 0.717) is 22.6 Å². The summed E-state index contributed by atoms with van der Waals surface area (Å²) in [6.07, 6.45) is 1.53. The molecule has 2 rings (SSSR count). The maximum Gasteiger partial charge on any atom is 0.416 e. The Morgan fingerprint density at radius 3 is 2.26 bits per heavy atom. The second-order valence-electron chi connectivity index (χ2n) is 6.01. The van der Waals surface area contributed by atoms with Crippen molar-refractivity contribution in [2.45, 2.75) is 13.1 Å². The standard InChI is InChI=1S/C15H10ClF3O2.C7H12N2O/c1-9-6-12(16)3-5-13(9)21-14-4-2-11(15(17,18)19)7-10(14)8-20;1-8-5-3-7(9-2)4-6-10/h2-8H,1H3;3-6,8-9H,1-2H3/b;5-3-,7-4+. The van der Waals surface area contributed by atoms with Crippen molar-refractivity contribution in [2.75, 3.05) is 14.1 Å². The molecule has 0 heterocycles. The van der Waals surface area contributed by atoms with E-state index in [9.17, 15) is 22.8 Å². The fourth-order valence-electron chi connectivity index (χ4n) is 2.22. The Balaban J connectivity index is 0.000000407. The molecule has 0 saturated carbocycles. The molecule has 5 nitrogen and oxygen atoms in total. The van der Waals surface area contributed by atoms with Crippen LogP contribution in [0.3, 0.4) is 0 Å². The zero-order chi connectivity index (χ0) is 23.4. The van der Waals surface area contributed by atoms with Gasteiger partial charge in [0, 0.05) is 30.9 Å². The van der Waals surface area contributed by atoms with E-state index in [0.717, 1.165) is 30.2 Å². The summed E-state index contributed by atoms with van der Waals surface area (Å²) in [7, 11) is 3.56. The molecular weight excluding hydrogens is 433 g/mol. The number of alkyl halides is 3. The fourth-order valence-corrected chi connectivity index (χ4v) is 2.45. The van der Waals surface area contributed by atoms with Crippen LogP contribution in [0.4, 0.5) is 13.2 Å². The van der Waals surface area contributed by atoms with Gasteiger partial charge in [-0.15, -0.1) is 0 Å². The average molecular weight is 455 g/mol. The Bertz CT molecular complexity index is 958. The predicted molar refractivity (Wildman–Crippen MR) is 115 cm³/mol. The molecular formula is C22H22ClF3N2O3. The van der Waals surface area contributed by atoms with Gasteiger partial charge in [0.15, 0.2) is 6.29 Å². The second-order valence-corrected chi connectivity index (χ2v) is 6.45. The maximum absolute atomic E-state index is 12.6. The topological polar surface area (TPSA) is 67.4 Å². The number of carbonyl (C=O) groups excluding carboxylic acids is 2. The van der Waals surface area contributed by atoms with E-state index in [1.54, 1.807) is 51.5 Å². The van der Waals surface area contributed by atoms with Gasteiger partial charge < -0.3 is 15.4 Å². The van der Waals surface area contributed by atoms with Gasteiger partial charge in [-0.3, -0.25) is 9.59 Å². The van der Waals surface area contributed by atoms with Crippen molar-refractivity contribution in [2.24, 2.45) is 0 Å². The van der Waals surface area contributed by atoms with Crippen molar-refractivity contribution < 1.29 is 27.5 Å². The van der Waals surface area contributed by atoms with Crippen LogP contribution >= 0.6 is 11.6 Å². The number of aldehydes is 2. The Hall–Kier alpha value is -3.26. The van der Waals surface area contributed by atoms with Crippen molar-refractivity contribution in [1.29, 1.82) is 0 Å². The van der Waals surface area contributed by atoms with Crippen molar-refractivity contribution in [1.82, 2.24) is 10.6 Å². The fraction of sp³-hybridized carbons (Fsp3) is 0.182. The van der Waals surface area contributed by atoms with Gasteiger partial charge >= 0.3 is 6.18 Å². The molecule has 0 aliphatic rings. The minimum atomic E-state index is -4.51. The van der Waals surface area contributed by atoms with Crippen LogP contribution in [-0.2, 0) is 11.0 Å². The summed E-state index contributed by atoms with van der Waals surface area (Å²) >= 11 is 5.81. The van der Waals surface area contributed by atoms with E-state index in [1.165, 1.54) is 6.08 Å². The lowest BCUT2D eigenvalue weighted by atomic mass is 10.1. The SMILES string of the molecule is CN/C=C\C(=C/C=O)NC.Cc1cc(Cl)ccc1Oc1ccc(C(F)(F)F)cc1C=O. The molecule has 0 bridgehead atoms. The Kier molecular flexibility index (Phi) is 10.3. The zero-order valence-corrected chi connectivity index (χ0v) is 17.8. The molecule has 0 aliphatic heterocycles. The molecule has 0 fully saturated rings. The van der Waals surface area contributed by atoms with Crippen molar-refractivity contribution >= 4 is 24.2 Å². The highest BCUT2D eigenvalue weighted by Crippen LogP contribution is 2.34. The average Bonchev–Trinajstić information content (AvgIpc) is 2.73. The molecule has 0 aromatic heterocycles. The first-order chi connectivity index (χ1) is 14.7. The number of rotatable bonds is 7. The molecule has 0 aliphatic carbocycles. The second kappa shape index (κ2) is 12.4. The number of aryl methyl sites for hydroxylation is 1. The lowest BCUT2D eigenvalue weighted by molar-refractivity contribution is -0.137. The van der Waals surface area contributed by atoms with Gasteiger partial charge in [0.05, 0.1) is 11.1 Å². The van der Waals surface area contributed by atoms with Gasteiger partial charge in [-0.1, -0.05) is 11.6 Å². The highest BCUT2D eigenvalue weighted by Gasteiger charge is 2.31. The number of halogens is 4. The Labute approximate surface area is 183 Å². The molecule has 0 atom stereocenters. The number of ether oxygens (including phenoxy) is 1. The number of likely N-dealkylation sites (N-methyl/N-ethyl adjacent to an activating group) is 1. The first-order valence-corrected chi connectivity index (χ1v) is 9.31. The Morgan fingerprint density at radius 1 is 1.06 bits per heavy atom. The Morgan fingerprint density at radius 2 is 1.74 bits per heavy atom. The summed E-state index contributed by atoms with van der Waals surface area (Å²) in [5.74, 6) is 0.477. The molecule has 0 amide bonds. The lowest BCUT2D eigenvalue weighted by Crippen LogP contribution is -2.06. The maximum atomic E-state index is 12.6. The lowest BCUT2D eigenvalue weighted by Gasteiger charge is -2.13. The van der Waals surface area contributed by atoms with E-state index >= 15 is 0 Å². The minimum absolute atomic E-state index is 0.0587. The van der Waals surface area contributed by atoms with Crippen LogP contribution in [0.1, 0.15) is 21.5 Å². The van der Waals surface area contributed by atoms with Gasteiger partial charge in [-0.25, -0.2) is 0 Å². The molecule has 2 N–H and O–H groups in total. The normalized spacial score (nSPS) is 11.4. The van der Waals surface area contributed by atoms with Gasteiger partial charge in [0.1, 0.15) is 17.8 Å². The van der Waals surface area contributed by atoms with E-state index < -0.39 is 11.7 Å². The van der Waals surface area contributed by atoms with Crippen LogP contribution in [0.15, 0.2) is 60.4 Å². The monoisotopic (exact) mass is 454 g/mol. The first kappa shape index (κ1) is 25.8. The van der Waals surface area contributed by atoms with Crippen LogP contribution in [-0.4, -0.2) is 26.7 Å². The van der Waals surface area contributed by atoms with E-state index in [1.807, 2.05) is 0 Å². The number of hydrogen-bond donors (Lipinski definition) is 2. The molecule has 31 heavy (non-hydrogen) atoms. The summed E-state index contributed by atoms with van der Waals surface area (Å²) < 4.78 is 43.3. The highest BCUT2D eigenvalue weighted by atomic mass is 35.5. The summed E-state index contributed by atoms with van der Waals surface area (Å²) in [5, 5.41) is 6.17. The molecule has 0 radical (unpaired) electrons. The van der Waals surface area contributed by atoms with E-state index in [2.05, 4.69) is 10.6 Å². The number of hydrogen-bond acceptors (Lipinski definition) is 5. The first-order valence-electron chi connectivity index (χ1n) is 8.93. The van der Waals surface area contributed by atoms with Gasteiger partial charge in [0.25, 0.3) is 0 Å². The summed E-state index contributed by atoms with van der Waals surface area (Å²) in [6.45, 7) is 1.74. The number of nitrogens with one attached hydrogen (secondary N) is 2. The molecule has 0 unspecified atom stereocenters. The minimum Gasteiger partial charge on any atom is -0.456 e. The number of allylic oxidation sites excluding steroid dienone is 2. The third kappa shape index (κ3) is 8.55. The van der Waals surface area contributed by atoms with Crippen molar-refractivity contribution in [3.63, 3.8) is 0 Å². The van der Waals surface area contributed by atoms with Crippen LogP contribution in [0.5, 0.6) is 11.5 Å². The van der Waals surface area contributed by atoms with E-state index in [-0.39, 0.29) is 11.3 Å². The smallest absolute Gasteiger partial charge is 0.416 e. The van der Waals surface area contributed by atoms with Gasteiger partial charge in [-0.05, 0) is 61.2 Å². The number of carbonyl (C=O) groups is 2. The third-order valence-corrected chi connectivity index (χ3v) is 4.02. The van der Waals surface area contributed by atoms with Crippen molar-refractivity contribution in [3.8, 4) is 11.5 Å². The number of benzene rings is 2. The summed E-state index contributed by atoms with van der Waals surface area (Å²) in [4.78, 5) is 20.9. The predicted octanol–water partition coefficient (Wildman–Crippen LogP) is 5.29. The summed E-state index contributed by atoms with van der Waals surface area (Å²) in [5.41, 5.74) is 0.424. The van der Waals surface area contributed by atoms with Crippen LogP contribution in [0, 0.1) is 6.92 Å². The molecule has 0 spiro atoms.